The van der Waals surface area contributed by atoms with E-state index in [1.165, 1.54) is 38.8 Å². The van der Waals surface area contributed by atoms with Crippen molar-refractivity contribution in [3.8, 4) is 55.6 Å². The van der Waals surface area contributed by atoms with Gasteiger partial charge in [-0.2, -0.15) is 0 Å². The molecule has 0 N–H and O–H groups in total. The molecule has 11 rings (SSSR count). The number of rotatable bonds is 8. The summed E-state index contributed by atoms with van der Waals surface area (Å²) >= 11 is 0. The van der Waals surface area contributed by atoms with Crippen LogP contribution in [0.2, 0.25) is 0 Å². The number of anilines is 3. The molecule has 2 heteroatoms. The Morgan fingerprint density at radius 1 is 0.300 bits per heavy atom. The Morgan fingerprint density at radius 2 is 0.850 bits per heavy atom. The smallest absolute Gasteiger partial charge is 0.143 e. The average molecular weight is 766 g/mol. The minimum atomic E-state index is 0.887. The van der Waals surface area contributed by atoms with Crippen molar-refractivity contribution in [2.24, 2.45) is 0 Å². The van der Waals surface area contributed by atoms with Gasteiger partial charge in [0.1, 0.15) is 11.2 Å². The molecule has 0 amide bonds. The molecule has 0 radical (unpaired) electrons. The molecule has 0 fully saturated rings. The largest absolute Gasteiger partial charge is 0.455 e. The third-order valence-corrected chi connectivity index (χ3v) is 11.6. The van der Waals surface area contributed by atoms with E-state index >= 15 is 0 Å². The summed E-state index contributed by atoms with van der Waals surface area (Å²) in [5, 5.41) is 4.55. The third-order valence-electron chi connectivity index (χ3n) is 11.6. The second-order valence-electron chi connectivity index (χ2n) is 15.3. The number of fused-ring (bicyclic) bond motifs is 5. The van der Waals surface area contributed by atoms with E-state index in [-0.39, 0.29) is 0 Å². The molecular weight excluding hydrogens is 727 g/mol. The lowest BCUT2D eigenvalue weighted by Crippen LogP contribution is -2.11. The fraction of sp³-hybridized carbons (Fsp3) is 0. The second kappa shape index (κ2) is 15.1. The molecule has 0 bridgehead atoms. The Morgan fingerprint density at radius 3 is 1.55 bits per heavy atom. The first-order valence-corrected chi connectivity index (χ1v) is 20.5. The van der Waals surface area contributed by atoms with Crippen LogP contribution < -0.4 is 4.90 Å². The van der Waals surface area contributed by atoms with Crippen molar-refractivity contribution >= 4 is 49.8 Å². The Hall–Kier alpha value is -7.94. The van der Waals surface area contributed by atoms with Crippen LogP contribution in [0.5, 0.6) is 0 Å². The minimum absolute atomic E-state index is 0.887. The van der Waals surface area contributed by atoms with E-state index in [1.807, 2.05) is 0 Å². The summed E-state index contributed by atoms with van der Waals surface area (Å²) in [6.07, 6.45) is 0. The van der Waals surface area contributed by atoms with Crippen LogP contribution in [-0.4, -0.2) is 0 Å². The fourth-order valence-electron chi connectivity index (χ4n) is 8.76. The first-order valence-electron chi connectivity index (χ1n) is 20.5. The van der Waals surface area contributed by atoms with E-state index in [4.69, 9.17) is 4.42 Å². The number of hydrogen-bond acceptors (Lipinski definition) is 2. The van der Waals surface area contributed by atoms with Crippen molar-refractivity contribution in [1.82, 2.24) is 0 Å². The van der Waals surface area contributed by atoms with Gasteiger partial charge in [-0.25, -0.2) is 0 Å². The Bertz CT molecular complexity index is 3240. The number of furan rings is 1. The Balaban J connectivity index is 1.06. The molecule has 11 aromatic rings. The molecule has 0 aliphatic heterocycles. The summed E-state index contributed by atoms with van der Waals surface area (Å²) in [7, 11) is 0. The van der Waals surface area contributed by atoms with Crippen LogP contribution in [0, 0.1) is 0 Å². The number of nitrogens with zero attached hydrogens (tertiary/aromatic N) is 1. The van der Waals surface area contributed by atoms with Crippen molar-refractivity contribution in [1.29, 1.82) is 0 Å². The van der Waals surface area contributed by atoms with Crippen molar-refractivity contribution in [3.63, 3.8) is 0 Å². The predicted molar refractivity (Wildman–Crippen MR) is 253 cm³/mol. The van der Waals surface area contributed by atoms with E-state index < -0.39 is 0 Å². The Labute approximate surface area is 349 Å². The van der Waals surface area contributed by atoms with E-state index in [1.54, 1.807) is 0 Å². The topological polar surface area (TPSA) is 16.4 Å². The highest BCUT2D eigenvalue weighted by molar-refractivity contribution is 6.19. The third kappa shape index (κ3) is 6.41. The van der Waals surface area contributed by atoms with Gasteiger partial charge in [-0.15, -0.1) is 0 Å². The average Bonchev–Trinajstić information content (AvgIpc) is 3.73. The normalized spacial score (nSPS) is 11.3. The van der Waals surface area contributed by atoms with Gasteiger partial charge >= 0.3 is 0 Å². The zero-order valence-electron chi connectivity index (χ0n) is 32.9. The van der Waals surface area contributed by atoms with Crippen LogP contribution in [0.25, 0.3) is 88.3 Å². The van der Waals surface area contributed by atoms with E-state index in [0.29, 0.717) is 0 Å². The lowest BCUT2D eigenvalue weighted by molar-refractivity contribution is 0.673. The van der Waals surface area contributed by atoms with Gasteiger partial charge in [0, 0.05) is 33.1 Å². The first kappa shape index (κ1) is 35.2. The highest BCUT2D eigenvalue weighted by atomic mass is 16.3. The molecule has 282 valence electrons. The molecule has 60 heavy (non-hydrogen) atoms. The summed E-state index contributed by atoms with van der Waals surface area (Å²) in [5.74, 6) is 0. The fourth-order valence-corrected chi connectivity index (χ4v) is 8.76. The van der Waals surface area contributed by atoms with Crippen molar-refractivity contribution in [2.75, 3.05) is 4.90 Å². The van der Waals surface area contributed by atoms with Gasteiger partial charge in [-0.1, -0.05) is 176 Å². The minimum Gasteiger partial charge on any atom is -0.455 e. The summed E-state index contributed by atoms with van der Waals surface area (Å²) in [4.78, 5) is 2.40. The maximum Gasteiger partial charge on any atom is 0.143 e. The number of hydrogen-bond donors (Lipinski definition) is 0. The summed E-state index contributed by atoms with van der Waals surface area (Å²) in [6.45, 7) is 0. The molecule has 0 unspecified atom stereocenters. The monoisotopic (exact) mass is 765 g/mol. The molecule has 0 saturated heterocycles. The van der Waals surface area contributed by atoms with E-state index in [0.717, 1.165) is 66.6 Å². The molecule has 1 aromatic heterocycles. The SMILES string of the molecule is c1ccc(-c2cc(-c3ccccc3)cc(-c3ccc(N(c4cccc(-c5cccc6oc7c8ccccc8ccc7c56)c4)c4ccccc4-c4ccccc4)cc3)c2)cc1. The van der Waals surface area contributed by atoms with Crippen LogP contribution >= 0.6 is 0 Å². The molecular formula is C58H39NO. The first-order chi connectivity index (χ1) is 29.7. The molecule has 1 heterocycles. The van der Waals surface area contributed by atoms with Crippen LogP contribution in [-0.2, 0) is 0 Å². The van der Waals surface area contributed by atoms with E-state index in [9.17, 15) is 0 Å². The molecule has 0 saturated carbocycles. The molecule has 10 aromatic carbocycles. The van der Waals surface area contributed by atoms with Crippen LogP contribution in [0.4, 0.5) is 17.1 Å². The highest BCUT2D eigenvalue weighted by Crippen LogP contribution is 2.45. The van der Waals surface area contributed by atoms with Gasteiger partial charge in [0.15, 0.2) is 0 Å². The zero-order valence-corrected chi connectivity index (χ0v) is 32.9. The zero-order chi connectivity index (χ0) is 39.8. The standard InChI is InChI=1S/C58H39NO/c1-4-16-40(17-5-1)46-36-47(41-18-6-2-7-19-41)38-48(37-46)42-30-33-49(34-31-42)59(55-28-13-12-25-51(55)43-20-8-3-9-21-43)50-24-14-23-45(39-50)52-27-15-29-56-57(52)54-35-32-44-22-10-11-26-53(44)58(54)60-56/h1-39H. The molecule has 2 nitrogen and oxygen atoms in total. The van der Waals surface area contributed by atoms with Crippen LogP contribution in [0.1, 0.15) is 0 Å². The summed E-state index contributed by atoms with van der Waals surface area (Å²) < 4.78 is 6.61. The van der Waals surface area contributed by atoms with Crippen molar-refractivity contribution < 1.29 is 4.42 Å². The van der Waals surface area contributed by atoms with Gasteiger partial charge in [0.2, 0.25) is 0 Å². The Kier molecular flexibility index (Phi) is 8.87. The quantitative estimate of drug-likeness (QED) is 0.153. The van der Waals surface area contributed by atoms with Crippen molar-refractivity contribution in [2.45, 2.75) is 0 Å². The lowest BCUT2D eigenvalue weighted by Gasteiger charge is -2.28. The number of para-hydroxylation sites is 1. The summed E-state index contributed by atoms with van der Waals surface area (Å²) in [5.41, 5.74) is 16.8. The van der Waals surface area contributed by atoms with E-state index in [2.05, 4.69) is 241 Å². The molecule has 0 aliphatic rings. The van der Waals surface area contributed by atoms with Gasteiger partial charge in [-0.05, 0) is 116 Å². The predicted octanol–water partition coefficient (Wildman–Crippen LogP) is 16.5. The van der Waals surface area contributed by atoms with Crippen LogP contribution in [0.3, 0.4) is 0 Å². The summed E-state index contributed by atoms with van der Waals surface area (Å²) in [6, 6.07) is 84.9. The highest BCUT2D eigenvalue weighted by Gasteiger charge is 2.20. The maximum atomic E-state index is 6.61. The van der Waals surface area contributed by atoms with Gasteiger partial charge in [-0.3, -0.25) is 0 Å². The number of benzene rings is 10. The van der Waals surface area contributed by atoms with Gasteiger partial charge < -0.3 is 9.32 Å². The molecule has 0 aliphatic carbocycles. The molecule has 0 atom stereocenters. The van der Waals surface area contributed by atoms with Gasteiger partial charge in [0.25, 0.3) is 0 Å². The van der Waals surface area contributed by atoms with Crippen molar-refractivity contribution in [3.05, 3.63) is 237 Å². The second-order valence-corrected chi connectivity index (χ2v) is 15.3. The van der Waals surface area contributed by atoms with Crippen LogP contribution in [0.15, 0.2) is 241 Å². The van der Waals surface area contributed by atoms with Gasteiger partial charge in [0.05, 0.1) is 5.69 Å². The molecule has 0 spiro atoms. The maximum absolute atomic E-state index is 6.61. The lowest BCUT2D eigenvalue weighted by atomic mass is 9.93.